The Bertz CT molecular complexity index is 8.00. The molecule has 1 nitrogen and oxygen atoms in total. The van der Waals surface area contributed by atoms with Gasteiger partial charge in [-0.25, -0.2) is 0 Å². The second kappa shape index (κ2) is 8.84. The van der Waals surface area contributed by atoms with Gasteiger partial charge in [0.1, 0.15) is 0 Å². The minimum atomic E-state index is 0. The van der Waals surface area contributed by atoms with E-state index in [1.165, 1.54) is 0 Å². The average Bonchev–Trinajstić information content (AvgIpc) is 0.918. The van der Waals surface area contributed by atoms with Crippen molar-refractivity contribution in [3.63, 3.8) is 0 Å². The first kappa shape index (κ1) is 9.26. The summed E-state index contributed by atoms with van der Waals surface area (Å²) in [4.78, 5) is 0. The van der Waals surface area contributed by atoms with Crippen LogP contribution in [0.4, 0.5) is 0 Å². The first-order chi connectivity index (χ1) is 1.41. The number of halogens is 1. The quantitative estimate of drug-likeness (QED) is 0.616. The number of hydrogen-bond acceptors (Lipinski definition) is 1. The summed E-state index contributed by atoms with van der Waals surface area (Å²) in [7, 11) is 0. The van der Waals surface area contributed by atoms with E-state index < -0.39 is 0 Å². The number of hydrogen-bond donors (Lipinski definition) is 1. The van der Waals surface area contributed by atoms with Crippen molar-refractivity contribution in [3.05, 3.63) is 0 Å². The van der Waals surface area contributed by atoms with Crippen molar-refractivity contribution >= 4 is 15.9 Å². The Hall–Kier alpha value is 1.80. The fourth-order valence-corrected chi connectivity index (χ4v) is 0. The minimum Gasteiger partial charge on any atom is -0.385 e. The fourth-order valence-electron chi connectivity index (χ4n) is 0. The third kappa shape index (κ3) is 9.19. The van der Waals surface area contributed by atoms with Crippen LogP contribution in [0.1, 0.15) is 0 Å². The molecule has 1 N–H and O–H groups in total. The van der Waals surface area contributed by atoms with Gasteiger partial charge in [0.15, 0.2) is 0 Å². The average molecular weight is 252 g/mol. The maximum atomic E-state index is 7.49. The molecule has 0 fully saturated rings. The maximum absolute atomic E-state index is 7.49. The Balaban J connectivity index is 0. The van der Waals surface area contributed by atoms with Crippen LogP contribution in [-0.4, -0.2) is 10.6 Å². The third-order valence-corrected chi connectivity index (χ3v) is 0. The summed E-state index contributed by atoms with van der Waals surface area (Å²) in [5.41, 5.74) is 0.0625. The summed E-state index contributed by atoms with van der Waals surface area (Å²) in [5, 5.41) is 7.49. The van der Waals surface area contributed by atoms with Crippen LogP contribution in [0.2, 0.25) is 0 Å². The molecule has 0 bridgehead atoms. The Labute approximate surface area is 66.9 Å². The van der Waals surface area contributed by atoms with Gasteiger partial charge in [-0.2, -0.15) is 0 Å². The molecular weight excluding hydrogens is 249 g/mol. The molecule has 0 aromatic heterocycles. The van der Waals surface area contributed by atoms with E-state index in [1.54, 1.807) is 0 Å². The van der Waals surface area contributed by atoms with Gasteiger partial charge in [-0.3, -0.25) is 0 Å². The summed E-state index contributed by atoms with van der Waals surface area (Å²) in [6, 6.07) is 0. The SMILES string of the molecule is OCBr.[Pr]. The molecule has 0 saturated heterocycles. The second-order valence-electron chi connectivity index (χ2n) is 0.120. The molecule has 3 heteroatoms. The van der Waals surface area contributed by atoms with Crippen LogP contribution in [0.3, 0.4) is 0 Å². The number of rotatable bonds is 0. The first-order valence-corrected chi connectivity index (χ1v) is 1.70. The van der Waals surface area contributed by atoms with Crippen LogP contribution in [0.5, 0.6) is 0 Å². The Morgan fingerprint density at radius 2 is 1.75 bits per heavy atom. The number of aliphatic hydroxyl groups excluding tert-OH is 1. The van der Waals surface area contributed by atoms with Crippen LogP contribution in [-0.2, 0) is 0 Å². The van der Waals surface area contributed by atoms with Crippen LogP contribution in [0.25, 0.3) is 0 Å². The minimum absolute atomic E-state index is 0. The van der Waals surface area contributed by atoms with E-state index in [2.05, 4.69) is 15.9 Å². The smallest absolute Gasteiger partial charge is 0.0980 e. The fraction of sp³-hybridized carbons (Fsp3) is 1.00. The molecule has 4 heavy (non-hydrogen) atoms. The maximum Gasteiger partial charge on any atom is 0.0980 e. The van der Waals surface area contributed by atoms with Crippen molar-refractivity contribution in [3.8, 4) is 0 Å². The van der Waals surface area contributed by atoms with E-state index >= 15 is 0 Å². The topological polar surface area (TPSA) is 20.2 Å². The molecule has 0 saturated carbocycles. The van der Waals surface area contributed by atoms with Crippen LogP contribution < -0.4 is 0 Å². The molecule has 0 heterocycles. The molecule has 0 amide bonds. The van der Waals surface area contributed by atoms with Crippen molar-refractivity contribution in [1.82, 2.24) is 0 Å². The van der Waals surface area contributed by atoms with Crippen molar-refractivity contribution in [1.29, 1.82) is 0 Å². The van der Waals surface area contributed by atoms with Gasteiger partial charge in [0.05, 0.1) is 5.52 Å². The van der Waals surface area contributed by atoms with Crippen LogP contribution in [0, 0.1) is 41.3 Å². The molecule has 0 unspecified atom stereocenters. The molecule has 0 atom stereocenters. The summed E-state index contributed by atoms with van der Waals surface area (Å²) in [5.74, 6) is 0. The van der Waals surface area contributed by atoms with Gasteiger partial charge in [-0.05, 0) is 0 Å². The number of aliphatic hydroxyl groups is 1. The Morgan fingerprint density at radius 3 is 1.75 bits per heavy atom. The largest absolute Gasteiger partial charge is 0.385 e. The van der Waals surface area contributed by atoms with Gasteiger partial charge >= 0.3 is 0 Å². The zero-order chi connectivity index (χ0) is 2.71. The van der Waals surface area contributed by atoms with Crippen molar-refractivity contribution in [2.45, 2.75) is 0 Å². The number of alkyl halides is 1. The molecule has 0 aliphatic rings. The second-order valence-corrected chi connectivity index (χ2v) is 0.621. The van der Waals surface area contributed by atoms with E-state index in [-0.39, 0.29) is 46.8 Å². The molecular formula is CH3BrOPr. The molecule has 0 rings (SSSR count). The van der Waals surface area contributed by atoms with Crippen molar-refractivity contribution in [2.75, 3.05) is 5.52 Å². The van der Waals surface area contributed by atoms with E-state index in [4.69, 9.17) is 5.11 Å². The monoisotopic (exact) mass is 251 g/mol. The van der Waals surface area contributed by atoms with Gasteiger partial charge < -0.3 is 5.11 Å². The standard InChI is InChI=1S/CH3BrO.Pr/c2-1-3;/h3H,1H2;. The summed E-state index contributed by atoms with van der Waals surface area (Å²) in [6.07, 6.45) is 0. The zero-order valence-corrected chi connectivity index (χ0v) is 7.40. The van der Waals surface area contributed by atoms with Gasteiger partial charge in [0.25, 0.3) is 0 Å². The van der Waals surface area contributed by atoms with Gasteiger partial charge in [0.2, 0.25) is 0 Å². The summed E-state index contributed by atoms with van der Waals surface area (Å²) in [6.45, 7) is 0. The molecule has 1 radical (unpaired) electrons. The van der Waals surface area contributed by atoms with E-state index in [0.29, 0.717) is 0 Å². The van der Waals surface area contributed by atoms with Crippen molar-refractivity contribution in [2.24, 2.45) is 0 Å². The van der Waals surface area contributed by atoms with Gasteiger partial charge in [-0.15, -0.1) is 0 Å². The first-order valence-electron chi connectivity index (χ1n) is 0.583. The summed E-state index contributed by atoms with van der Waals surface area (Å²) >= 11 is 2.70. The van der Waals surface area contributed by atoms with Crippen LogP contribution in [0.15, 0.2) is 0 Å². The van der Waals surface area contributed by atoms with E-state index in [0.717, 1.165) is 0 Å². The van der Waals surface area contributed by atoms with Gasteiger partial charge in [-0.1, -0.05) is 15.9 Å². The van der Waals surface area contributed by atoms with E-state index in [1.807, 2.05) is 0 Å². The van der Waals surface area contributed by atoms with Crippen LogP contribution >= 0.6 is 15.9 Å². The molecule has 0 aromatic rings. The summed E-state index contributed by atoms with van der Waals surface area (Å²) < 4.78 is 0. The predicted molar refractivity (Wildman–Crippen MR) is 16.0 cm³/mol. The molecule has 0 aromatic carbocycles. The third-order valence-electron chi connectivity index (χ3n) is 0. The molecule has 23 valence electrons. The van der Waals surface area contributed by atoms with Gasteiger partial charge in [0, 0.05) is 41.3 Å². The Morgan fingerprint density at radius 1 is 1.75 bits per heavy atom. The molecule has 0 aliphatic heterocycles. The van der Waals surface area contributed by atoms with E-state index in [9.17, 15) is 0 Å². The predicted octanol–water partition coefficient (Wildman–Crippen LogP) is 0.331. The molecule has 0 spiro atoms. The van der Waals surface area contributed by atoms with Crippen molar-refractivity contribution < 1.29 is 46.4 Å². The normalized spacial score (nSPS) is 4.50. The zero-order valence-electron chi connectivity index (χ0n) is 2.11. The Kier molecular flexibility index (Phi) is 20.5. The molecule has 0 aliphatic carbocycles.